The van der Waals surface area contributed by atoms with Crippen LogP contribution in [-0.2, 0) is 0 Å². The number of nitrogens with one attached hydrogen (secondary N) is 2. The van der Waals surface area contributed by atoms with E-state index in [2.05, 4.69) is 65.2 Å². The number of benzene rings is 3. The predicted molar refractivity (Wildman–Crippen MR) is 108 cm³/mol. The fourth-order valence-corrected chi connectivity index (χ4v) is 4.53. The van der Waals surface area contributed by atoms with Crippen LogP contribution < -0.4 is 16.4 Å². The van der Waals surface area contributed by atoms with E-state index in [9.17, 15) is 0 Å². The normalized spacial score (nSPS) is 14.0. The molecule has 0 saturated heterocycles. The van der Waals surface area contributed by atoms with Crippen molar-refractivity contribution in [1.82, 2.24) is 10.6 Å². The van der Waals surface area contributed by atoms with Crippen LogP contribution in [0.3, 0.4) is 0 Å². The van der Waals surface area contributed by atoms with Crippen molar-refractivity contribution in [2.75, 3.05) is 7.05 Å². The van der Waals surface area contributed by atoms with Crippen molar-refractivity contribution in [1.29, 1.82) is 0 Å². The summed E-state index contributed by atoms with van der Waals surface area (Å²) in [5.74, 6) is 0. The van der Waals surface area contributed by atoms with Gasteiger partial charge in [0.25, 0.3) is 0 Å². The first-order valence-electron chi connectivity index (χ1n) is 8.42. The molecule has 2 unspecified atom stereocenters. The SMILES string of the molecule is CNC(NC(N)c1cccc2c1sc1ccccc12)c1ccccc1. The standard InChI is InChI=1S/C21H21N3S/c1-23-21(14-8-3-2-4-9-14)24-20(22)17-12-7-11-16-15-10-5-6-13-18(15)25-19(16)17/h2-13,20-21,23-24H,22H2,1H3. The first-order chi connectivity index (χ1) is 12.3. The Morgan fingerprint density at radius 2 is 1.56 bits per heavy atom. The molecule has 2 atom stereocenters. The Morgan fingerprint density at radius 3 is 2.36 bits per heavy atom. The van der Waals surface area contributed by atoms with Gasteiger partial charge in [0, 0.05) is 25.7 Å². The van der Waals surface area contributed by atoms with Crippen LogP contribution in [0, 0.1) is 0 Å². The maximum absolute atomic E-state index is 6.55. The van der Waals surface area contributed by atoms with Crippen LogP contribution in [0.2, 0.25) is 0 Å². The van der Waals surface area contributed by atoms with E-state index in [1.807, 2.05) is 25.2 Å². The highest BCUT2D eigenvalue weighted by Gasteiger charge is 2.17. The second-order valence-electron chi connectivity index (χ2n) is 6.10. The Balaban J connectivity index is 1.71. The Bertz CT molecular complexity index is 994. The molecular formula is C21H21N3S. The summed E-state index contributed by atoms with van der Waals surface area (Å²) in [6, 6.07) is 25.2. The van der Waals surface area contributed by atoms with E-state index in [4.69, 9.17) is 5.73 Å². The van der Waals surface area contributed by atoms with Crippen molar-refractivity contribution in [3.8, 4) is 0 Å². The summed E-state index contributed by atoms with van der Waals surface area (Å²) in [7, 11) is 1.94. The number of fused-ring (bicyclic) bond motifs is 3. The van der Waals surface area contributed by atoms with Crippen LogP contribution in [0.15, 0.2) is 72.8 Å². The first-order valence-corrected chi connectivity index (χ1v) is 9.23. The number of thiophene rings is 1. The van der Waals surface area contributed by atoms with E-state index < -0.39 is 0 Å². The molecule has 0 bridgehead atoms. The fraction of sp³-hybridized carbons (Fsp3) is 0.143. The lowest BCUT2D eigenvalue weighted by Crippen LogP contribution is -2.38. The van der Waals surface area contributed by atoms with E-state index in [-0.39, 0.29) is 12.3 Å². The van der Waals surface area contributed by atoms with Crippen LogP contribution in [0.1, 0.15) is 23.5 Å². The zero-order valence-corrected chi connectivity index (χ0v) is 14.9. The third-order valence-electron chi connectivity index (χ3n) is 4.54. The van der Waals surface area contributed by atoms with Gasteiger partial charge in [0.05, 0.1) is 12.3 Å². The van der Waals surface area contributed by atoms with Gasteiger partial charge in [-0.2, -0.15) is 0 Å². The van der Waals surface area contributed by atoms with Gasteiger partial charge in [-0.1, -0.05) is 66.7 Å². The molecule has 0 fully saturated rings. The molecule has 4 aromatic rings. The maximum atomic E-state index is 6.55. The second-order valence-corrected chi connectivity index (χ2v) is 7.15. The van der Waals surface area contributed by atoms with Crippen molar-refractivity contribution in [2.24, 2.45) is 5.73 Å². The average molecular weight is 347 g/mol. The Morgan fingerprint density at radius 1 is 0.840 bits per heavy atom. The molecule has 1 heterocycles. The quantitative estimate of drug-likeness (QED) is 0.465. The molecular weight excluding hydrogens is 326 g/mol. The lowest BCUT2D eigenvalue weighted by molar-refractivity contribution is 0.412. The molecule has 0 aliphatic rings. The molecule has 0 radical (unpaired) electrons. The highest BCUT2D eigenvalue weighted by molar-refractivity contribution is 7.26. The summed E-state index contributed by atoms with van der Waals surface area (Å²) in [6.45, 7) is 0. The van der Waals surface area contributed by atoms with Gasteiger partial charge >= 0.3 is 0 Å². The lowest BCUT2D eigenvalue weighted by atomic mass is 10.1. The van der Waals surface area contributed by atoms with Crippen molar-refractivity contribution in [3.05, 3.63) is 83.9 Å². The molecule has 4 N–H and O–H groups in total. The Labute approximate surface area is 151 Å². The monoisotopic (exact) mass is 347 g/mol. The molecule has 126 valence electrons. The van der Waals surface area contributed by atoms with Gasteiger partial charge in [0.15, 0.2) is 0 Å². The molecule has 3 nitrogen and oxygen atoms in total. The highest BCUT2D eigenvalue weighted by atomic mass is 32.1. The van der Waals surface area contributed by atoms with E-state index in [0.717, 1.165) is 5.56 Å². The molecule has 25 heavy (non-hydrogen) atoms. The van der Waals surface area contributed by atoms with E-state index in [1.165, 1.54) is 25.7 Å². The number of hydrogen-bond donors (Lipinski definition) is 3. The zero-order chi connectivity index (χ0) is 17.2. The van der Waals surface area contributed by atoms with Gasteiger partial charge in [0.1, 0.15) is 0 Å². The summed E-state index contributed by atoms with van der Waals surface area (Å²) in [4.78, 5) is 0. The van der Waals surface area contributed by atoms with Crippen LogP contribution >= 0.6 is 11.3 Å². The number of hydrogen-bond acceptors (Lipinski definition) is 4. The van der Waals surface area contributed by atoms with E-state index in [0.29, 0.717) is 0 Å². The van der Waals surface area contributed by atoms with Gasteiger partial charge in [0.2, 0.25) is 0 Å². The van der Waals surface area contributed by atoms with Gasteiger partial charge in [-0.3, -0.25) is 5.32 Å². The summed E-state index contributed by atoms with van der Waals surface area (Å²) in [5.41, 5.74) is 8.86. The lowest BCUT2D eigenvalue weighted by Gasteiger charge is -2.24. The molecule has 0 spiro atoms. The number of rotatable bonds is 5. The molecule has 4 rings (SSSR count). The van der Waals surface area contributed by atoms with Crippen LogP contribution in [-0.4, -0.2) is 7.05 Å². The van der Waals surface area contributed by atoms with Gasteiger partial charge in [-0.25, -0.2) is 0 Å². The van der Waals surface area contributed by atoms with Gasteiger partial charge < -0.3 is 11.1 Å². The van der Waals surface area contributed by atoms with Crippen LogP contribution in [0.5, 0.6) is 0 Å². The van der Waals surface area contributed by atoms with E-state index >= 15 is 0 Å². The maximum Gasteiger partial charge on any atom is 0.0847 e. The highest BCUT2D eigenvalue weighted by Crippen LogP contribution is 2.37. The summed E-state index contributed by atoms with van der Waals surface area (Å²) >= 11 is 1.81. The van der Waals surface area contributed by atoms with Crippen molar-refractivity contribution in [3.63, 3.8) is 0 Å². The van der Waals surface area contributed by atoms with Gasteiger partial charge in [-0.15, -0.1) is 11.3 Å². The van der Waals surface area contributed by atoms with E-state index in [1.54, 1.807) is 11.3 Å². The summed E-state index contributed by atoms with van der Waals surface area (Å²) < 4.78 is 2.55. The third kappa shape index (κ3) is 3.05. The summed E-state index contributed by atoms with van der Waals surface area (Å²) in [5, 5.41) is 9.39. The molecule has 0 amide bonds. The minimum Gasteiger partial charge on any atom is -0.312 e. The largest absolute Gasteiger partial charge is 0.312 e. The summed E-state index contributed by atoms with van der Waals surface area (Å²) in [6.07, 6.45) is -0.254. The van der Waals surface area contributed by atoms with Crippen LogP contribution in [0.25, 0.3) is 20.2 Å². The predicted octanol–water partition coefficient (Wildman–Crippen LogP) is 4.52. The molecule has 4 heteroatoms. The molecule has 3 aromatic carbocycles. The average Bonchev–Trinajstić information content (AvgIpc) is 3.05. The first kappa shape index (κ1) is 16.2. The van der Waals surface area contributed by atoms with Crippen molar-refractivity contribution >= 4 is 31.5 Å². The third-order valence-corrected chi connectivity index (χ3v) is 5.77. The van der Waals surface area contributed by atoms with Crippen LogP contribution in [0.4, 0.5) is 0 Å². The topological polar surface area (TPSA) is 50.1 Å². The molecule has 0 aliphatic carbocycles. The zero-order valence-electron chi connectivity index (χ0n) is 14.1. The van der Waals surface area contributed by atoms with Crippen molar-refractivity contribution < 1.29 is 0 Å². The molecule has 0 aliphatic heterocycles. The molecule has 1 aromatic heterocycles. The molecule has 0 saturated carbocycles. The number of nitrogens with two attached hydrogens (primary N) is 1. The van der Waals surface area contributed by atoms with Crippen molar-refractivity contribution in [2.45, 2.75) is 12.3 Å². The Hall–Kier alpha value is -2.24. The smallest absolute Gasteiger partial charge is 0.0847 e. The Kier molecular flexibility index (Phi) is 4.51. The fourth-order valence-electron chi connectivity index (χ4n) is 3.27. The van der Waals surface area contributed by atoms with Gasteiger partial charge in [-0.05, 0) is 18.7 Å². The minimum atomic E-state index is -0.255. The second kappa shape index (κ2) is 6.94. The minimum absolute atomic E-state index is 0.000773.